The van der Waals surface area contributed by atoms with Crippen molar-refractivity contribution in [3.05, 3.63) is 18.2 Å². The van der Waals surface area contributed by atoms with Crippen LogP contribution in [0.3, 0.4) is 0 Å². The average Bonchev–Trinajstić information content (AvgIpc) is 2.66. The first-order valence-corrected chi connectivity index (χ1v) is 10.4. The molecule has 3 rings (SSSR count). The van der Waals surface area contributed by atoms with Crippen LogP contribution in [0.1, 0.15) is 25.7 Å². The second kappa shape index (κ2) is 9.59. The van der Waals surface area contributed by atoms with E-state index in [1.807, 2.05) is 0 Å². The minimum atomic E-state index is -3.76. The Kier molecular flexibility index (Phi) is 7.72. The molecule has 1 amide bonds. The van der Waals surface area contributed by atoms with Crippen LogP contribution in [0.15, 0.2) is 23.1 Å². The third-order valence-electron chi connectivity index (χ3n) is 4.60. The van der Waals surface area contributed by atoms with E-state index in [1.54, 1.807) is 18.2 Å². The molecule has 0 aliphatic carbocycles. The van der Waals surface area contributed by atoms with Gasteiger partial charge in [-0.1, -0.05) is 12.5 Å². The number of para-hydroxylation sites is 1. The monoisotopic (exact) mass is 419 g/mol. The Morgan fingerprint density at radius 3 is 2.81 bits per heavy atom. The molecular formula is C17H26ClN3O5S. The molecule has 2 aliphatic heterocycles. The Bertz CT molecular complexity index is 759. The van der Waals surface area contributed by atoms with Gasteiger partial charge in [-0.25, -0.2) is 8.42 Å². The lowest BCUT2D eigenvalue weighted by molar-refractivity contribution is -0.121. The van der Waals surface area contributed by atoms with Crippen molar-refractivity contribution in [2.24, 2.45) is 5.73 Å². The summed E-state index contributed by atoms with van der Waals surface area (Å²) in [6.45, 7) is 1.69. The van der Waals surface area contributed by atoms with Gasteiger partial charge < -0.3 is 20.5 Å². The summed E-state index contributed by atoms with van der Waals surface area (Å²) in [5, 5.41) is 2.79. The maximum Gasteiger partial charge on any atom is 0.247 e. The molecule has 1 saturated heterocycles. The van der Waals surface area contributed by atoms with Crippen molar-refractivity contribution in [3.63, 3.8) is 0 Å². The van der Waals surface area contributed by atoms with Crippen molar-refractivity contribution in [3.8, 4) is 11.5 Å². The van der Waals surface area contributed by atoms with Gasteiger partial charge in [0.2, 0.25) is 15.9 Å². The number of benzene rings is 1. The number of piperidine rings is 1. The fourth-order valence-electron chi connectivity index (χ4n) is 3.32. The van der Waals surface area contributed by atoms with Gasteiger partial charge in [-0.3, -0.25) is 4.79 Å². The summed E-state index contributed by atoms with van der Waals surface area (Å²) in [4.78, 5) is 11.8. The van der Waals surface area contributed by atoms with Crippen molar-refractivity contribution >= 4 is 28.3 Å². The number of fused-ring (bicyclic) bond motifs is 1. The Morgan fingerprint density at radius 2 is 2.04 bits per heavy atom. The molecule has 2 aliphatic rings. The van der Waals surface area contributed by atoms with E-state index >= 15 is 0 Å². The van der Waals surface area contributed by atoms with Crippen LogP contribution in [0.2, 0.25) is 0 Å². The molecule has 1 aromatic rings. The molecule has 8 nitrogen and oxygen atoms in total. The Hall–Kier alpha value is -1.55. The number of halogens is 1. The van der Waals surface area contributed by atoms with E-state index in [1.165, 1.54) is 4.31 Å². The summed E-state index contributed by atoms with van der Waals surface area (Å²) >= 11 is 0. The van der Waals surface area contributed by atoms with E-state index in [2.05, 4.69) is 5.32 Å². The Labute approximate surface area is 165 Å². The first kappa shape index (κ1) is 21.7. The van der Waals surface area contributed by atoms with Crippen LogP contribution in [-0.2, 0) is 14.8 Å². The highest BCUT2D eigenvalue weighted by atomic mass is 35.5. The minimum absolute atomic E-state index is 0. The fourth-order valence-corrected chi connectivity index (χ4v) is 5.16. The number of sulfonamides is 1. The molecule has 0 saturated carbocycles. The van der Waals surface area contributed by atoms with Crippen LogP contribution in [0.25, 0.3) is 0 Å². The van der Waals surface area contributed by atoms with Crippen molar-refractivity contribution in [2.45, 2.75) is 36.6 Å². The number of carbonyl (C=O) groups is 1. The Balaban J connectivity index is 0.00000261. The van der Waals surface area contributed by atoms with Crippen LogP contribution >= 0.6 is 12.4 Å². The first-order chi connectivity index (χ1) is 12.5. The number of hydrogen-bond acceptors (Lipinski definition) is 6. The average molecular weight is 420 g/mol. The van der Waals surface area contributed by atoms with E-state index in [0.717, 1.165) is 12.8 Å². The SMILES string of the molecule is Cl.NCCC(=O)NCC1CCCCN1S(=O)(=O)c1cccc2c1OCCO2. The minimum Gasteiger partial charge on any atom is -0.486 e. The molecule has 0 radical (unpaired) electrons. The highest BCUT2D eigenvalue weighted by Gasteiger charge is 2.36. The molecule has 0 spiro atoms. The zero-order chi connectivity index (χ0) is 18.6. The van der Waals surface area contributed by atoms with E-state index in [0.29, 0.717) is 31.9 Å². The molecule has 1 unspecified atom stereocenters. The van der Waals surface area contributed by atoms with Gasteiger partial charge in [0.15, 0.2) is 11.5 Å². The largest absolute Gasteiger partial charge is 0.486 e. The van der Waals surface area contributed by atoms with Crippen molar-refractivity contribution in [1.82, 2.24) is 9.62 Å². The first-order valence-electron chi connectivity index (χ1n) is 8.91. The normalized spacial score (nSPS) is 19.8. The number of ether oxygens (including phenoxy) is 2. The zero-order valence-corrected chi connectivity index (χ0v) is 16.7. The van der Waals surface area contributed by atoms with Gasteiger partial charge in [0.25, 0.3) is 0 Å². The smallest absolute Gasteiger partial charge is 0.247 e. The van der Waals surface area contributed by atoms with Gasteiger partial charge in [-0.05, 0) is 25.0 Å². The summed E-state index contributed by atoms with van der Waals surface area (Å²) < 4.78 is 39.2. The van der Waals surface area contributed by atoms with Crippen LogP contribution in [0.4, 0.5) is 0 Å². The van der Waals surface area contributed by atoms with Gasteiger partial charge in [0.1, 0.15) is 18.1 Å². The van der Waals surface area contributed by atoms with Crippen LogP contribution in [0.5, 0.6) is 11.5 Å². The quantitative estimate of drug-likeness (QED) is 0.708. The van der Waals surface area contributed by atoms with Gasteiger partial charge in [0.05, 0.1) is 0 Å². The van der Waals surface area contributed by atoms with E-state index in [9.17, 15) is 13.2 Å². The molecule has 152 valence electrons. The van der Waals surface area contributed by atoms with Crippen molar-refractivity contribution in [2.75, 3.05) is 32.8 Å². The van der Waals surface area contributed by atoms with E-state index in [-0.39, 0.29) is 54.5 Å². The third-order valence-corrected chi connectivity index (χ3v) is 6.57. The van der Waals surface area contributed by atoms with Gasteiger partial charge in [-0.15, -0.1) is 12.4 Å². The predicted molar refractivity (Wildman–Crippen MR) is 103 cm³/mol. The molecule has 10 heteroatoms. The summed E-state index contributed by atoms with van der Waals surface area (Å²) in [5.41, 5.74) is 5.38. The number of carbonyl (C=O) groups excluding carboxylic acids is 1. The summed E-state index contributed by atoms with van der Waals surface area (Å²) in [6.07, 6.45) is 2.65. The number of nitrogens with zero attached hydrogens (tertiary/aromatic N) is 1. The van der Waals surface area contributed by atoms with Crippen LogP contribution in [0, 0.1) is 0 Å². The summed E-state index contributed by atoms with van der Waals surface area (Å²) in [7, 11) is -3.76. The zero-order valence-electron chi connectivity index (χ0n) is 15.1. The number of amides is 1. The second-order valence-electron chi connectivity index (χ2n) is 6.39. The van der Waals surface area contributed by atoms with Crippen LogP contribution in [-0.4, -0.2) is 57.5 Å². The highest BCUT2D eigenvalue weighted by molar-refractivity contribution is 7.89. The number of rotatable bonds is 6. The molecule has 0 aromatic heterocycles. The fraction of sp³-hybridized carbons (Fsp3) is 0.588. The topological polar surface area (TPSA) is 111 Å². The molecule has 1 fully saturated rings. The van der Waals surface area contributed by atoms with Gasteiger partial charge >= 0.3 is 0 Å². The molecular weight excluding hydrogens is 394 g/mol. The summed E-state index contributed by atoms with van der Waals surface area (Å²) in [5.74, 6) is 0.557. The standard InChI is InChI=1S/C17H25N3O5S.ClH/c18-8-7-16(21)19-12-13-4-1-2-9-20(13)26(22,23)15-6-3-5-14-17(15)25-11-10-24-14;/h3,5-6,13H,1-2,4,7-12,18H2,(H,19,21);1H. The lowest BCUT2D eigenvalue weighted by Crippen LogP contribution is -2.49. The van der Waals surface area contributed by atoms with Crippen molar-refractivity contribution < 1.29 is 22.7 Å². The van der Waals surface area contributed by atoms with Crippen molar-refractivity contribution in [1.29, 1.82) is 0 Å². The highest BCUT2D eigenvalue weighted by Crippen LogP contribution is 2.38. The predicted octanol–water partition coefficient (Wildman–Crippen LogP) is 0.888. The molecule has 27 heavy (non-hydrogen) atoms. The maximum absolute atomic E-state index is 13.3. The third kappa shape index (κ3) is 4.84. The lowest BCUT2D eigenvalue weighted by Gasteiger charge is -2.35. The van der Waals surface area contributed by atoms with Crippen LogP contribution < -0.4 is 20.5 Å². The van der Waals surface area contributed by atoms with Gasteiger partial charge in [0, 0.05) is 32.1 Å². The molecule has 1 atom stereocenters. The summed E-state index contributed by atoms with van der Waals surface area (Å²) in [6, 6.07) is 4.62. The Morgan fingerprint density at radius 1 is 1.26 bits per heavy atom. The molecule has 0 bridgehead atoms. The second-order valence-corrected chi connectivity index (χ2v) is 8.25. The van der Waals surface area contributed by atoms with E-state index < -0.39 is 10.0 Å². The molecule has 2 heterocycles. The molecule has 1 aromatic carbocycles. The number of nitrogens with two attached hydrogens (primary N) is 1. The van der Waals surface area contributed by atoms with Gasteiger partial charge in [-0.2, -0.15) is 4.31 Å². The number of nitrogens with one attached hydrogen (secondary N) is 1. The maximum atomic E-state index is 13.3. The molecule has 3 N–H and O–H groups in total. The number of hydrogen-bond donors (Lipinski definition) is 2. The lowest BCUT2D eigenvalue weighted by atomic mass is 10.1. The van der Waals surface area contributed by atoms with E-state index in [4.69, 9.17) is 15.2 Å².